The molecule has 2 fully saturated rings. The lowest BCUT2D eigenvalue weighted by Crippen LogP contribution is -2.59. The van der Waals surface area contributed by atoms with Crippen molar-refractivity contribution < 1.29 is 24.5 Å². The molecule has 0 aromatic carbocycles. The lowest BCUT2D eigenvalue weighted by atomic mass is 9.45. The summed E-state index contributed by atoms with van der Waals surface area (Å²) in [5.74, 6) is -0.865. The van der Waals surface area contributed by atoms with Gasteiger partial charge in [0.25, 0.3) is 0 Å². The zero-order chi connectivity index (χ0) is 19.5. The Morgan fingerprint density at radius 3 is 2.46 bits per heavy atom. The molecule has 3 aliphatic carbocycles. The van der Waals surface area contributed by atoms with Crippen LogP contribution in [0.4, 0.5) is 0 Å². The minimum absolute atomic E-state index is 0.0252. The van der Waals surface area contributed by atoms with Crippen molar-refractivity contribution in [3.63, 3.8) is 0 Å². The number of carbonyl (C=O) groups is 2. The fourth-order valence-electron chi connectivity index (χ4n) is 6.14. The number of Topliss-reactive ketones (excluding diaryl/α,β-unsaturated/α-hetero) is 1. The summed E-state index contributed by atoms with van der Waals surface area (Å²) >= 11 is 0. The molecule has 5 atom stereocenters. The predicted octanol–water partition coefficient (Wildman–Crippen LogP) is 3.35. The fraction of sp³-hybridized carbons (Fsp3) is 0.810. The molecule has 5 nitrogen and oxygen atoms in total. The first-order valence-electron chi connectivity index (χ1n) is 9.68. The van der Waals surface area contributed by atoms with Crippen LogP contribution < -0.4 is 0 Å². The van der Waals surface area contributed by atoms with Crippen LogP contribution in [0.15, 0.2) is 11.6 Å². The molecule has 0 heterocycles. The standard InChI is InChI=1S/C21H32O5/c1-18(2,25)21(26-5)10-7-14-13(12-21)15(22)11-16-19(14,3)8-6-9-20(16,4)17(23)24/h12,14,16,25H,6-11H2,1-5H3,(H,23,24)/t14-,16+,19+,20+,21+/m0/s1. The average Bonchev–Trinajstić information content (AvgIpc) is 2.55. The Hall–Kier alpha value is -1.20. The molecule has 26 heavy (non-hydrogen) atoms. The van der Waals surface area contributed by atoms with Gasteiger partial charge in [-0.05, 0) is 75.4 Å². The van der Waals surface area contributed by atoms with Gasteiger partial charge >= 0.3 is 5.97 Å². The van der Waals surface area contributed by atoms with E-state index >= 15 is 0 Å². The molecule has 2 N–H and O–H groups in total. The highest BCUT2D eigenvalue weighted by molar-refractivity contribution is 5.98. The lowest BCUT2D eigenvalue weighted by molar-refractivity contribution is -0.169. The van der Waals surface area contributed by atoms with E-state index in [4.69, 9.17) is 4.74 Å². The van der Waals surface area contributed by atoms with Crippen LogP contribution in [-0.4, -0.2) is 40.3 Å². The van der Waals surface area contributed by atoms with Crippen molar-refractivity contribution in [3.05, 3.63) is 11.6 Å². The Kier molecular flexibility index (Phi) is 4.44. The second-order valence-corrected chi connectivity index (χ2v) is 9.61. The van der Waals surface area contributed by atoms with Crippen molar-refractivity contribution in [1.29, 1.82) is 0 Å². The van der Waals surface area contributed by atoms with Gasteiger partial charge in [0.05, 0.1) is 11.0 Å². The highest BCUT2D eigenvalue weighted by Gasteiger charge is 2.61. The summed E-state index contributed by atoms with van der Waals surface area (Å²) in [7, 11) is 1.58. The summed E-state index contributed by atoms with van der Waals surface area (Å²) in [6.45, 7) is 7.42. The Labute approximate surface area is 155 Å². The summed E-state index contributed by atoms with van der Waals surface area (Å²) < 4.78 is 5.72. The SMILES string of the molecule is CO[C@@]1(C(C)(C)O)C=C2C(=O)C[C@@H]3[C@](C)(CCC[C@@]3(C)C(=O)O)[C@H]2CC1. The van der Waals surface area contributed by atoms with Gasteiger partial charge in [0.1, 0.15) is 5.60 Å². The molecule has 0 unspecified atom stereocenters. The third-order valence-electron chi connectivity index (χ3n) is 7.94. The zero-order valence-electron chi connectivity index (χ0n) is 16.6. The normalized spacial score (nSPS) is 43.3. The number of hydrogen-bond acceptors (Lipinski definition) is 4. The predicted molar refractivity (Wildman–Crippen MR) is 97.7 cm³/mol. The second kappa shape index (κ2) is 5.90. The number of ether oxygens (including phenoxy) is 1. The quantitative estimate of drug-likeness (QED) is 0.802. The molecule has 0 radical (unpaired) electrons. The second-order valence-electron chi connectivity index (χ2n) is 9.61. The van der Waals surface area contributed by atoms with Gasteiger partial charge in [0.2, 0.25) is 0 Å². The van der Waals surface area contributed by atoms with Crippen molar-refractivity contribution in [1.82, 2.24) is 0 Å². The number of carbonyl (C=O) groups excluding carboxylic acids is 1. The molecule has 3 aliphatic rings. The zero-order valence-corrected chi connectivity index (χ0v) is 16.6. The van der Waals surface area contributed by atoms with Crippen LogP contribution >= 0.6 is 0 Å². The number of aliphatic carboxylic acids is 1. The van der Waals surface area contributed by atoms with Gasteiger partial charge in [-0.3, -0.25) is 9.59 Å². The van der Waals surface area contributed by atoms with Crippen molar-refractivity contribution in [2.75, 3.05) is 7.11 Å². The molecule has 0 spiro atoms. The molecule has 0 aromatic rings. The van der Waals surface area contributed by atoms with E-state index in [1.54, 1.807) is 21.0 Å². The number of aliphatic hydroxyl groups is 1. The van der Waals surface area contributed by atoms with E-state index in [1.165, 1.54) is 0 Å². The summed E-state index contributed by atoms with van der Waals surface area (Å²) in [6.07, 6.45) is 5.93. The first-order valence-corrected chi connectivity index (χ1v) is 9.68. The highest BCUT2D eigenvalue weighted by Crippen LogP contribution is 2.63. The third-order valence-corrected chi connectivity index (χ3v) is 7.94. The van der Waals surface area contributed by atoms with E-state index in [2.05, 4.69) is 6.92 Å². The van der Waals surface area contributed by atoms with Crippen molar-refractivity contribution in [2.24, 2.45) is 22.7 Å². The average molecular weight is 364 g/mol. The highest BCUT2D eigenvalue weighted by atomic mass is 16.5. The van der Waals surface area contributed by atoms with E-state index in [1.807, 2.05) is 13.0 Å². The Bertz CT molecular complexity index is 660. The Morgan fingerprint density at radius 1 is 1.27 bits per heavy atom. The molecular weight excluding hydrogens is 332 g/mol. The molecule has 0 aromatic heterocycles. The molecule has 0 saturated heterocycles. The van der Waals surface area contributed by atoms with Crippen LogP contribution in [0.5, 0.6) is 0 Å². The number of methoxy groups -OCH3 is 1. The Morgan fingerprint density at radius 2 is 1.92 bits per heavy atom. The summed E-state index contributed by atoms with van der Waals surface area (Å²) in [5.41, 5.74) is -2.28. The van der Waals surface area contributed by atoms with Crippen LogP contribution in [0, 0.1) is 22.7 Å². The van der Waals surface area contributed by atoms with Crippen LogP contribution in [0.3, 0.4) is 0 Å². The van der Waals surface area contributed by atoms with Crippen molar-refractivity contribution in [3.8, 4) is 0 Å². The van der Waals surface area contributed by atoms with E-state index in [9.17, 15) is 19.8 Å². The maximum atomic E-state index is 13.1. The monoisotopic (exact) mass is 364 g/mol. The van der Waals surface area contributed by atoms with E-state index in [0.717, 1.165) is 24.8 Å². The minimum Gasteiger partial charge on any atom is -0.481 e. The molecule has 0 amide bonds. The molecule has 3 rings (SSSR count). The number of rotatable bonds is 3. The van der Waals surface area contributed by atoms with Crippen LogP contribution in [0.1, 0.15) is 66.2 Å². The summed E-state index contributed by atoms with van der Waals surface area (Å²) in [4.78, 5) is 25.1. The summed E-state index contributed by atoms with van der Waals surface area (Å²) in [6, 6.07) is 0. The fourth-order valence-corrected chi connectivity index (χ4v) is 6.14. The van der Waals surface area contributed by atoms with E-state index < -0.39 is 22.6 Å². The number of fused-ring (bicyclic) bond motifs is 3. The molecule has 5 heteroatoms. The first-order chi connectivity index (χ1) is 11.9. The largest absolute Gasteiger partial charge is 0.481 e. The van der Waals surface area contributed by atoms with Crippen molar-refractivity contribution >= 4 is 11.8 Å². The molecular formula is C21H32O5. The number of carboxylic acids is 1. The maximum absolute atomic E-state index is 13.1. The van der Waals surface area contributed by atoms with E-state index in [0.29, 0.717) is 12.8 Å². The van der Waals surface area contributed by atoms with Crippen LogP contribution in [-0.2, 0) is 14.3 Å². The van der Waals surface area contributed by atoms with Gasteiger partial charge in [0.15, 0.2) is 5.78 Å². The third kappa shape index (κ3) is 2.50. The van der Waals surface area contributed by atoms with Gasteiger partial charge in [-0.1, -0.05) is 13.3 Å². The van der Waals surface area contributed by atoms with Gasteiger partial charge in [-0.25, -0.2) is 0 Å². The first kappa shape index (κ1) is 19.6. The number of ketones is 1. The maximum Gasteiger partial charge on any atom is 0.309 e. The molecule has 2 saturated carbocycles. The molecule has 0 bridgehead atoms. The van der Waals surface area contributed by atoms with Gasteiger partial charge in [-0.2, -0.15) is 0 Å². The number of carboxylic acid groups (broad SMARTS) is 1. The lowest BCUT2D eigenvalue weighted by Gasteiger charge is -2.59. The molecule has 146 valence electrons. The summed E-state index contributed by atoms with van der Waals surface area (Å²) in [5, 5.41) is 20.5. The minimum atomic E-state index is -1.10. The van der Waals surface area contributed by atoms with E-state index in [-0.39, 0.29) is 29.5 Å². The Balaban J connectivity index is 2.08. The van der Waals surface area contributed by atoms with Crippen molar-refractivity contribution in [2.45, 2.75) is 77.4 Å². The van der Waals surface area contributed by atoms with Gasteiger partial charge < -0.3 is 14.9 Å². The van der Waals surface area contributed by atoms with Crippen LogP contribution in [0.2, 0.25) is 0 Å². The number of hydrogen-bond donors (Lipinski definition) is 2. The smallest absolute Gasteiger partial charge is 0.309 e. The molecule has 0 aliphatic heterocycles. The van der Waals surface area contributed by atoms with Crippen LogP contribution in [0.25, 0.3) is 0 Å². The van der Waals surface area contributed by atoms with Gasteiger partial charge in [0, 0.05) is 13.5 Å². The number of allylic oxidation sites excluding steroid dienone is 1. The topological polar surface area (TPSA) is 83.8 Å². The van der Waals surface area contributed by atoms with Gasteiger partial charge in [-0.15, -0.1) is 0 Å².